The number of pyridine rings is 1. The number of hydrogen-bond donors (Lipinski definition) is 0. The van der Waals surface area contributed by atoms with Crippen LogP contribution in [0.2, 0.25) is 0 Å². The molecular weight excluding hydrogens is 576 g/mol. The minimum Gasteiger partial charge on any atom is -0.455 e. The van der Waals surface area contributed by atoms with E-state index in [1.807, 2.05) is 24.4 Å². The molecule has 3 heterocycles. The summed E-state index contributed by atoms with van der Waals surface area (Å²) in [7, 11) is 0. The van der Waals surface area contributed by atoms with Crippen LogP contribution < -0.4 is 0 Å². The van der Waals surface area contributed by atoms with Crippen LogP contribution in [0.4, 0.5) is 0 Å². The number of nitrogens with zero attached hydrogens (tertiary/aromatic N) is 4. The van der Waals surface area contributed by atoms with Crippen LogP contribution in [0.3, 0.4) is 0 Å². The summed E-state index contributed by atoms with van der Waals surface area (Å²) in [6.45, 7) is 0. The first-order valence-corrected chi connectivity index (χ1v) is 15.6. The third-order valence-corrected chi connectivity index (χ3v) is 9.17. The fourth-order valence-corrected chi connectivity index (χ4v) is 6.87. The topological polar surface area (TPSA) is 64.7 Å². The Kier molecular flexibility index (Phi) is 5.51. The SMILES string of the molecule is c1ccc2cc(-c3nc(-c4ccc5c(ccc6ccccc65)c4)nc(-c4cccc5oc6c7ccncc7ccc6c45)n3)ccc2c1. The first-order chi connectivity index (χ1) is 23.3. The van der Waals surface area contributed by atoms with Crippen LogP contribution in [0.25, 0.3) is 99.2 Å². The second kappa shape index (κ2) is 10.0. The molecule has 0 saturated heterocycles. The lowest BCUT2D eigenvalue weighted by Gasteiger charge is -2.11. The van der Waals surface area contributed by atoms with Crippen LogP contribution in [0.15, 0.2) is 150 Å². The second-order valence-corrected chi connectivity index (χ2v) is 11.9. The van der Waals surface area contributed by atoms with Gasteiger partial charge >= 0.3 is 0 Å². The zero-order chi connectivity index (χ0) is 30.9. The Morgan fingerprint density at radius 2 is 1.09 bits per heavy atom. The molecular formula is C42H24N4O. The molecule has 5 heteroatoms. The van der Waals surface area contributed by atoms with Crippen molar-refractivity contribution >= 4 is 65.0 Å². The lowest BCUT2D eigenvalue weighted by atomic mass is 10.00. The molecule has 0 aliphatic rings. The van der Waals surface area contributed by atoms with E-state index < -0.39 is 0 Å². The molecule has 0 fully saturated rings. The third kappa shape index (κ3) is 4.10. The van der Waals surface area contributed by atoms with E-state index in [0.29, 0.717) is 17.5 Å². The van der Waals surface area contributed by atoms with Crippen LogP contribution in [-0.4, -0.2) is 19.9 Å². The van der Waals surface area contributed by atoms with Gasteiger partial charge in [-0.25, -0.2) is 15.0 Å². The molecule has 0 spiro atoms. The summed E-state index contributed by atoms with van der Waals surface area (Å²) in [6, 6.07) is 46.3. The first-order valence-electron chi connectivity index (χ1n) is 15.6. The molecule has 0 bridgehead atoms. The highest BCUT2D eigenvalue weighted by Gasteiger charge is 2.19. The van der Waals surface area contributed by atoms with Crippen LogP contribution >= 0.6 is 0 Å². The monoisotopic (exact) mass is 600 g/mol. The lowest BCUT2D eigenvalue weighted by Crippen LogP contribution is -2.00. The Hall–Kier alpha value is -6.46. The molecule has 0 amide bonds. The number of rotatable bonds is 3. The Morgan fingerprint density at radius 1 is 0.426 bits per heavy atom. The summed E-state index contributed by atoms with van der Waals surface area (Å²) in [4.78, 5) is 19.7. The minimum absolute atomic E-state index is 0.597. The summed E-state index contributed by atoms with van der Waals surface area (Å²) in [6.07, 6.45) is 3.67. The van der Waals surface area contributed by atoms with Gasteiger partial charge in [-0.2, -0.15) is 0 Å². The van der Waals surface area contributed by atoms with E-state index in [9.17, 15) is 0 Å². The quantitative estimate of drug-likeness (QED) is 0.189. The summed E-state index contributed by atoms with van der Waals surface area (Å²) < 4.78 is 6.49. The number of aromatic nitrogens is 4. The van der Waals surface area contributed by atoms with Crippen molar-refractivity contribution in [2.75, 3.05) is 0 Å². The number of hydrogen-bond acceptors (Lipinski definition) is 5. The van der Waals surface area contributed by atoms with Gasteiger partial charge in [0, 0.05) is 50.6 Å². The average Bonchev–Trinajstić information content (AvgIpc) is 3.54. The van der Waals surface area contributed by atoms with Crippen LogP contribution in [0.1, 0.15) is 0 Å². The predicted octanol–water partition coefficient (Wildman–Crippen LogP) is 10.8. The summed E-state index contributed by atoms with van der Waals surface area (Å²) in [5, 5.41) is 11.1. The van der Waals surface area contributed by atoms with E-state index in [1.165, 1.54) is 21.5 Å². The molecule has 0 unspecified atom stereocenters. The molecule has 0 radical (unpaired) electrons. The highest BCUT2D eigenvalue weighted by atomic mass is 16.3. The molecule has 0 saturated carbocycles. The van der Waals surface area contributed by atoms with Crippen molar-refractivity contribution in [1.29, 1.82) is 0 Å². The van der Waals surface area contributed by atoms with Gasteiger partial charge in [0.2, 0.25) is 0 Å². The van der Waals surface area contributed by atoms with Crippen molar-refractivity contribution in [3.63, 3.8) is 0 Å². The van der Waals surface area contributed by atoms with Crippen molar-refractivity contribution < 1.29 is 4.42 Å². The van der Waals surface area contributed by atoms with Crippen LogP contribution in [-0.2, 0) is 0 Å². The van der Waals surface area contributed by atoms with Crippen molar-refractivity contribution in [3.05, 3.63) is 146 Å². The fourth-order valence-electron chi connectivity index (χ4n) is 6.87. The summed E-state index contributed by atoms with van der Waals surface area (Å²) in [5.41, 5.74) is 4.38. The Labute approximate surface area is 268 Å². The molecule has 7 aromatic carbocycles. The average molecular weight is 601 g/mol. The van der Waals surface area contributed by atoms with Gasteiger partial charge in [-0.3, -0.25) is 4.98 Å². The molecule has 0 N–H and O–H groups in total. The van der Waals surface area contributed by atoms with Gasteiger partial charge in [-0.1, -0.05) is 103 Å². The first kappa shape index (κ1) is 25.8. The second-order valence-electron chi connectivity index (χ2n) is 11.9. The van der Waals surface area contributed by atoms with Gasteiger partial charge in [0.1, 0.15) is 11.2 Å². The highest BCUT2D eigenvalue weighted by Crippen LogP contribution is 2.39. The predicted molar refractivity (Wildman–Crippen MR) is 191 cm³/mol. The van der Waals surface area contributed by atoms with Gasteiger partial charge in [-0.05, 0) is 62.6 Å². The van der Waals surface area contributed by atoms with Gasteiger partial charge in [0.25, 0.3) is 0 Å². The number of fused-ring (bicyclic) bond motifs is 9. The molecule has 218 valence electrons. The van der Waals surface area contributed by atoms with Crippen molar-refractivity contribution in [3.8, 4) is 34.2 Å². The molecule has 3 aromatic heterocycles. The van der Waals surface area contributed by atoms with E-state index >= 15 is 0 Å². The maximum atomic E-state index is 6.49. The minimum atomic E-state index is 0.597. The molecule has 0 atom stereocenters. The summed E-state index contributed by atoms with van der Waals surface area (Å²) in [5.74, 6) is 1.84. The van der Waals surface area contributed by atoms with Gasteiger partial charge in [-0.15, -0.1) is 0 Å². The number of benzene rings is 7. The maximum absolute atomic E-state index is 6.49. The van der Waals surface area contributed by atoms with Gasteiger partial charge < -0.3 is 4.42 Å². The zero-order valence-electron chi connectivity index (χ0n) is 25.1. The Morgan fingerprint density at radius 3 is 1.98 bits per heavy atom. The van der Waals surface area contributed by atoms with Gasteiger partial charge in [0.15, 0.2) is 17.5 Å². The molecule has 0 aliphatic heterocycles. The lowest BCUT2D eigenvalue weighted by molar-refractivity contribution is 0.672. The molecule has 5 nitrogen and oxygen atoms in total. The van der Waals surface area contributed by atoms with E-state index in [1.54, 1.807) is 6.20 Å². The van der Waals surface area contributed by atoms with Crippen molar-refractivity contribution in [1.82, 2.24) is 19.9 Å². The highest BCUT2D eigenvalue weighted by molar-refractivity contribution is 6.18. The fraction of sp³-hybridized carbons (Fsp3) is 0. The third-order valence-electron chi connectivity index (χ3n) is 9.17. The van der Waals surface area contributed by atoms with E-state index in [0.717, 1.165) is 60.2 Å². The Balaban J connectivity index is 1.23. The standard InChI is InChI=1S/C42H24N4O/c1-2-8-27-22-29(15-12-25(27)6-1)40-44-41(30-16-18-33-28(23-30)14-13-26-7-3-4-9-32(26)33)46-42(45-40)36-10-5-11-37-38(36)35-19-17-31-24-43-21-20-34(31)39(35)47-37/h1-24H. The summed E-state index contributed by atoms with van der Waals surface area (Å²) >= 11 is 0. The zero-order valence-corrected chi connectivity index (χ0v) is 25.1. The van der Waals surface area contributed by atoms with Gasteiger partial charge in [0.05, 0.1) is 0 Å². The molecule has 10 rings (SSSR count). The number of furan rings is 1. The smallest absolute Gasteiger partial charge is 0.164 e. The van der Waals surface area contributed by atoms with Crippen LogP contribution in [0, 0.1) is 0 Å². The molecule has 10 aromatic rings. The van der Waals surface area contributed by atoms with E-state index in [2.05, 4.69) is 120 Å². The largest absolute Gasteiger partial charge is 0.455 e. The van der Waals surface area contributed by atoms with Crippen molar-refractivity contribution in [2.24, 2.45) is 0 Å². The van der Waals surface area contributed by atoms with Crippen molar-refractivity contribution in [2.45, 2.75) is 0 Å². The maximum Gasteiger partial charge on any atom is 0.164 e. The normalized spacial score (nSPS) is 11.8. The van der Waals surface area contributed by atoms with E-state index in [4.69, 9.17) is 19.4 Å². The molecule has 0 aliphatic carbocycles. The Bertz CT molecular complexity index is 2870. The van der Waals surface area contributed by atoms with Crippen LogP contribution in [0.5, 0.6) is 0 Å². The van der Waals surface area contributed by atoms with E-state index in [-0.39, 0.29) is 0 Å². The molecule has 47 heavy (non-hydrogen) atoms.